The highest BCUT2D eigenvalue weighted by atomic mass is 16.3. The van der Waals surface area contributed by atoms with E-state index in [2.05, 4.69) is 12.2 Å². The summed E-state index contributed by atoms with van der Waals surface area (Å²) in [6, 6.07) is 0. The second-order valence-electron chi connectivity index (χ2n) is 8.28. The van der Waals surface area contributed by atoms with Gasteiger partial charge in [0.25, 0.3) is 0 Å². The minimum absolute atomic E-state index is 0.0602. The van der Waals surface area contributed by atoms with Gasteiger partial charge in [-0.1, -0.05) is 104 Å². The van der Waals surface area contributed by atoms with Crippen LogP contribution in [0.15, 0.2) is 0 Å². The van der Waals surface area contributed by atoms with E-state index in [9.17, 15) is 9.90 Å². The Bertz CT molecular complexity index is 345. The molecular weight excluding hydrogens is 336 g/mol. The molecular formula is C23H48N2O2. The number of nitrogens with zero attached hydrogens (tertiary/aromatic N) is 1. The molecule has 0 aromatic carbocycles. The highest BCUT2D eigenvalue weighted by Crippen LogP contribution is 2.14. The minimum Gasteiger partial charge on any atom is -0.359 e. The third kappa shape index (κ3) is 16.1. The molecule has 0 saturated heterocycles. The fraction of sp³-hybridized carbons (Fsp3) is 0.957. The summed E-state index contributed by atoms with van der Waals surface area (Å²) >= 11 is 0. The van der Waals surface area contributed by atoms with Crippen LogP contribution in [-0.4, -0.2) is 35.4 Å². The number of carbonyl (C=O) groups is 1. The van der Waals surface area contributed by atoms with E-state index < -0.39 is 5.85 Å². The third-order valence-corrected chi connectivity index (χ3v) is 5.60. The van der Waals surface area contributed by atoms with Crippen molar-refractivity contribution in [3.05, 3.63) is 0 Å². The molecule has 1 atom stereocenters. The topological polar surface area (TPSA) is 52.6 Å². The summed E-state index contributed by atoms with van der Waals surface area (Å²) in [5.74, 6) is -1.31. The van der Waals surface area contributed by atoms with Crippen LogP contribution in [0.2, 0.25) is 0 Å². The molecule has 1 amide bonds. The lowest BCUT2D eigenvalue weighted by atomic mass is 10.0. The Labute approximate surface area is 169 Å². The lowest BCUT2D eigenvalue weighted by molar-refractivity contribution is -0.144. The first-order valence-electron chi connectivity index (χ1n) is 11.7. The molecule has 0 aliphatic rings. The fourth-order valence-electron chi connectivity index (χ4n) is 3.39. The van der Waals surface area contributed by atoms with Crippen molar-refractivity contribution in [3.63, 3.8) is 0 Å². The summed E-state index contributed by atoms with van der Waals surface area (Å²) in [4.78, 5) is 13.6. The first-order valence-corrected chi connectivity index (χ1v) is 11.7. The van der Waals surface area contributed by atoms with Crippen molar-refractivity contribution in [3.8, 4) is 0 Å². The van der Waals surface area contributed by atoms with E-state index in [1.165, 1.54) is 83.5 Å². The Kier molecular flexibility index (Phi) is 17.1. The Hall–Kier alpha value is -0.610. The second-order valence-corrected chi connectivity index (χ2v) is 8.28. The largest absolute Gasteiger partial charge is 0.359 e. The monoisotopic (exact) mass is 384 g/mol. The standard InChI is InChI=1S/C23H48N2O2/c1-5-7-8-9-10-11-12-13-14-15-16-17-18-19-20-21-22(26)24-23(3,27)25(4)6-2/h27H,5-21H2,1-4H3,(H,24,26). The fourth-order valence-corrected chi connectivity index (χ4v) is 3.39. The molecule has 0 aliphatic heterocycles. The van der Waals surface area contributed by atoms with Crippen molar-refractivity contribution in [2.75, 3.05) is 13.6 Å². The zero-order valence-electron chi connectivity index (χ0n) is 18.8. The molecule has 0 rings (SSSR count). The number of rotatable bonds is 19. The maximum absolute atomic E-state index is 11.9. The molecule has 0 heterocycles. The van der Waals surface area contributed by atoms with Crippen molar-refractivity contribution in [1.82, 2.24) is 10.2 Å². The van der Waals surface area contributed by atoms with E-state index >= 15 is 0 Å². The summed E-state index contributed by atoms with van der Waals surface area (Å²) in [5, 5.41) is 12.9. The molecule has 2 N–H and O–H groups in total. The summed E-state index contributed by atoms with van der Waals surface area (Å²) in [5.41, 5.74) is 0. The molecule has 0 spiro atoms. The lowest BCUT2D eigenvalue weighted by Crippen LogP contribution is -2.57. The zero-order chi connectivity index (χ0) is 20.4. The predicted octanol–water partition coefficient (Wildman–Crippen LogP) is 5.98. The van der Waals surface area contributed by atoms with Crippen LogP contribution in [0.5, 0.6) is 0 Å². The normalized spacial score (nSPS) is 13.7. The van der Waals surface area contributed by atoms with Crippen molar-refractivity contribution < 1.29 is 9.90 Å². The first kappa shape index (κ1) is 26.4. The molecule has 0 radical (unpaired) electrons. The van der Waals surface area contributed by atoms with Gasteiger partial charge in [0.15, 0.2) is 5.85 Å². The van der Waals surface area contributed by atoms with Crippen LogP contribution in [0.3, 0.4) is 0 Å². The highest BCUT2D eigenvalue weighted by molar-refractivity contribution is 5.76. The molecule has 4 heteroatoms. The summed E-state index contributed by atoms with van der Waals surface area (Å²) < 4.78 is 0. The maximum atomic E-state index is 11.9. The number of amides is 1. The van der Waals surface area contributed by atoms with Gasteiger partial charge in [0.05, 0.1) is 0 Å². The molecule has 0 aromatic rings. The number of hydrogen-bond donors (Lipinski definition) is 2. The van der Waals surface area contributed by atoms with Crippen LogP contribution in [-0.2, 0) is 4.79 Å². The van der Waals surface area contributed by atoms with E-state index in [-0.39, 0.29) is 5.91 Å². The van der Waals surface area contributed by atoms with Crippen molar-refractivity contribution in [2.45, 2.75) is 129 Å². The van der Waals surface area contributed by atoms with Crippen molar-refractivity contribution in [2.24, 2.45) is 0 Å². The number of carbonyl (C=O) groups excluding carboxylic acids is 1. The van der Waals surface area contributed by atoms with E-state index in [0.29, 0.717) is 13.0 Å². The molecule has 162 valence electrons. The maximum Gasteiger partial charge on any atom is 0.223 e. The minimum atomic E-state index is -1.25. The molecule has 27 heavy (non-hydrogen) atoms. The van der Waals surface area contributed by atoms with Crippen LogP contribution >= 0.6 is 0 Å². The quantitative estimate of drug-likeness (QED) is 0.213. The van der Waals surface area contributed by atoms with Crippen LogP contribution in [0, 0.1) is 0 Å². The molecule has 0 aromatic heterocycles. The average molecular weight is 385 g/mol. The van der Waals surface area contributed by atoms with Gasteiger partial charge in [-0.3, -0.25) is 9.69 Å². The van der Waals surface area contributed by atoms with Gasteiger partial charge in [0, 0.05) is 6.42 Å². The molecule has 4 nitrogen and oxygen atoms in total. The Morgan fingerprint density at radius 2 is 1.15 bits per heavy atom. The summed E-state index contributed by atoms with van der Waals surface area (Å²) in [6.07, 6.45) is 20.4. The molecule has 0 bridgehead atoms. The van der Waals surface area contributed by atoms with Gasteiger partial charge in [-0.2, -0.15) is 0 Å². The highest BCUT2D eigenvalue weighted by Gasteiger charge is 2.26. The van der Waals surface area contributed by atoms with Gasteiger partial charge < -0.3 is 10.4 Å². The number of nitrogens with one attached hydrogen (secondary N) is 1. The van der Waals surface area contributed by atoms with Gasteiger partial charge in [0.1, 0.15) is 0 Å². The molecule has 0 saturated carbocycles. The third-order valence-electron chi connectivity index (χ3n) is 5.60. The van der Waals surface area contributed by atoms with E-state index in [1.807, 2.05) is 6.92 Å². The Morgan fingerprint density at radius 3 is 1.52 bits per heavy atom. The smallest absolute Gasteiger partial charge is 0.223 e. The molecule has 0 fully saturated rings. The number of unbranched alkanes of at least 4 members (excludes halogenated alkanes) is 14. The Balaban J connectivity index is 3.34. The van der Waals surface area contributed by atoms with Gasteiger partial charge in [0.2, 0.25) is 5.91 Å². The van der Waals surface area contributed by atoms with Gasteiger partial charge in [-0.25, -0.2) is 0 Å². The predicted molar refractivity (Wildman–Crippen MR) is 117 cm³/mol. The van der Waals surface area contributed by atoms with Crippen LogP contribution < -0.4 is 5.32 Å². The number of hydrogen-bond acceptors (Lipinski definition) is 3. The number of aliphatic hydroxyl groups is 1. The molecule has 0 aliphatic carbocycles. The van der Waals surface area contributed by atoms with Crippen molar-refractivity contribution >= 4 is 5.91 Å². The average Bonchev–Trinajstić information content (AvgIpc) is 2.63. The lowest BCUT2D eigenvalue weighted by Gasteiger charge is -2.33. The summed E-state index contributed by atoms with van der Waals surface area (Å²) in [7, 11) is 1.80. The summed E-state index contributed by atoms with van der Waals surface area (Å²) in [6.45, 7) is 6.54. The van der Waals surface area contributed by atoms with Gasteiger partial charge in [-0.05, 0) is 26.9 Å². The Morgan fingerprint density at radius 1 is 0.778 bits per heavy atom. The van der Waals surface area contributed by atoms with Crippen LogP contribution in [0.4, 0.5) is 0 Å². The second kappa shape index (κ2) is 17.5. The van der Waals surface area contributed by atoms with E-state index in [1.54, 1.807) is 18.9 Å². The van der Waals surface area contributed by atoms with Crippen molar-refractivity contribution in [1.29, 1.82) is 0 Å². The van der Waals surface area contributed by atoms with Gasteiger partial charge >= 0.3 is 0 Å². The van der Waals surface area contributed by atoms with E-state index in [4.69, 9.17) is 0 Å². The van der Waals surface area contributed by atoms with Gasteiger partial charge in [-0.15, -0.1) is 0 Å². The van der Waals surface area contributed by atoms with Crippen LogP contribution in [0.1, 0.15) is 124 Å². The zero-order valence-corrected chi connectivity index (χ0v) is 18.8. The first-order chi connectivity index (χ1) is 12.9. The molecule has 1 unspecified atom stereocenters. The SMILES string of the molecule is CCCCCCCCCCCCCCCCCC(=O)NC(C)(O)N(C)CC. The van der Waals surface area contributed by atoms with Crippen LogP contribution in [0.25, 0.3) is 0 Å². The van der Waals surface area contributed by atoms with E-state index in [0.717, 1.165) is 12.8 Å².